The van der Waals surface area contributed by atoms with E-state index in [9.17, 15) is 22.8 Å². The predicted molar refractivity (Wildman–Crippen MR) is 114 cm³/mol. The zero-order valence-corrected chi connectivity index (χ0v) is 17.9. The van der Waals surface area contributed by atoms with Crippen molar-refractivity contribution >= 4 is 52.6 Å². The molecule has 12 heteroatoms. The van der Waals surface area contributed by atoms with Gasteiger partial charge in [0.05, 0.1) is 27.4 Å². The number of alkyl halides is 3. The van der Waals surface area contributed by atoms with E-state index < -0.39 is 23.7 Å². The van der Waals surface area contributed by atoms with Gasteiger partial charge in [0.2, 0.25) is 0 Å². The van der Waals surface area contributed by atoms with Crippen molar-refractivity contribution < 1.29 is 27.5 Å². The number of pyridine rings is 1. The molecule has 0 spiro atoms. The lowest BCUT2D eigenvalue weighted by atomic mass is 10.2. The van der Waals surface area contributed by atoms with Gasteiger partial charge in [-0.15, -0.1) is 0 Å². The number of hydrogen-bond acceptors (Lipinski definition) is 4. The van der Waals surface area contributed by atoms with Gasteiger partial charge in [-0.3, -0.25) is 15.4 Å². The van der Waals surface area contributed by atoms with E-state index in [1.165, 1.54) is 30.3 Å². The van der Waals surface area contributed by atoms with Gasteiger partial charge < -0.3 is 4.74 Å². The van der Waals surface area contributed by atoms with Gasteiger partial charge in [-0.25, -0.2) is 9.78 Å². The van der Waals surface area contributed by atoms with E-state index in [2.05, 4.69) is 15.6 Å². The van der Waals surface area contributed by atoms with Gasteiger partial charge in [0.1, 0.15) is 17.3 Å². The molecule has 2 N–H and O–H groups in total. The highest BCUT2D eigenvalue weighted by Crippen LogP contribution is 2.35. The second-order valence-electron chi connectivity index (χ2n) is 6.16. The van der Waals surface area contributed by atoms with Crippen molar-refractivity contribution in [1.29, 1.82) is 0 Å². The van der Waals surface area contributed by atoms with Gasteiger partial charge in [0.25, 0.3) is 5.91 Å². The first-order valence-electron chi connectivity index (χ1n) is 8.61. The van der Waals surface area contributed by atoms with Gasteiger partial charge >= 0.3 is 12.2 Å². The molecule has 0 fully saturated rings. The van der Waals surface area contributed by atoms with Crippen molar-refractivity contribution in [3.63, 3.8) is 0 Å². The molecule has 0 unspecified atom stereocenters. The standard InChI is InChI=1S/C20H11Cl3F3N3O3/c21-11-6-10(20(24,25)26)7-13(8-11)32-12-4-5-16(27-9-12)28-19(31)29-18(30)17-14(22)2-1-3-15(17)23/h1-9H,(H2,27,28,29,30,31). The maximum Gasteiger partial charge on any atom is 0.416 e. The molecule has 3 aromatic rings. The molecular weight excluding hydrogens is 494 g/mol. The summed E-state index contributed by atoms with van der Waals surface area (Å²) in [6.07, 6.45) is -3.43. The van der Waals surface area contributed by atoms with Crippen LogP contribution in [-0.2, 0) is 6.18 Å². The topological polar surface area (TPSA) is 80.3 Å². The minimum Gasteiger partial charge on any atom is -0.456 e. The summed E-state index contributed by atoms with van der Waals surface area (Å²) in [5.74, 6) is -0.841. The SMILES string of the molecule is O=C(NC(=O)c1c(Cl)cccc1Cl)Nc1ccc(Oc2cc(Cl)cc(C(F)(F)F)c2)cn1. The fourth-order valence-electron chi connectivity index (χ4n) is 2.46. The minimum absolute atomic E-state index is 0.0370. The van der Waals surface area contributed by atoms with Crippen molar-refractivity contribution in [2.24, 2.45) is 0 Å². The maximum absolute atomic E-state index is 12.9. The van der Waals surface area contributed by atoms with Gasteiger partial charge in [0, 0.05) is 5.02 Å². The monoisotopic (exact) mass is 503 g/mol. The second-order valence-corrected chi connectivity index (χ2v) is 7.41. The number of halogens is 6. The summed E-state index contributed by atoms with van der Waals surface area (Å²) in [5.41, 5.74) is -1.03. The largest absolute Gasteiger partial charge is 0.456 e. The number of hydrogen-bond donors (Lipinski definition) is 2. The molecule has 0 saturated carbocycles. The predicted octanol–water partition coefficient (Wildman–Crippen LogP) is 6.81. The second kappa shape index (κ2) is 9.64. The van der Waals surface area contributed by atoms with Crippen LogP contribution in [0, 0.1) is 0 Å². The van der Waals surface area contributed by atoms with Crippen molar-refractivity contribution in [3.8, 4) is 11.5 Å². The first kappa shape index (κ1) is 23.6. The fraction of sp³-hybridized carbons (Fsp3) is 0.0500. The summed E-state index contributed by atoms with van der Waals surface area (Å²) >= 11 is 17.6. The summed E-state index contributed by atoms with van der Waals surface area (Å²) < 4.78 is 44.0. The molecule has 1 aromatic heterocycles. The fourth-order valence-corrected chi connectivity index (χ4v) is 3.26. The van der Waals surface area contributed by atoms with Crippen LogP contribution in [-0.4, -0.2) is 16.9 Å². The highest BCUT2D eigenvalue weighted by molar-refractivity contribution is 6.40. The average molecular weight is 505 g/mol. The Morgan fingerprint density at radius 1 is 0.938 bits per heavy atom. The van der Waals surface area contributed by atoms with Crippen LogP contribution in [0.1, 0.15) is 15.9 Å². The molecule has 0 aliphatic rings. The summed E-state index contributed by atoms with van der Waals surface area (Å²) in [6, 6.07) is 8.96. The van der Waals surface area contributed by atoms with Crippen LogP contribution in [0.15, 0.2) is 54.7 Å². The lowest BCUT2D eigenvalue weighted by molar-refractivity contribution is -0.137. The number of carbonyl (C=O) groups excluding carboxylic acids is 2. The summed E-state index contributed by atoms with van der Waals surface area (Å²) in [5, 5.41) is 4.36. The third-order valence-electron chi connectivity index (χ3n) is 3.83. The zero-order valence-electron chi connectivity index (χ0n) is 15.6. The molecule has 0 aliphatic heterocycles. The number of carbonyl (C=O) groups is 2. The number of nitrogens with one attached hydrogen (secondary N) is 2. The van der Waals surface area contributed by atoms with Gasteiger partial charge in [0.15, 0.2) is 0 Å². The van der Waals surface area contributed by atoms with E-state index in [1.807, 2.05) is 0 Å². The molecule has 0 atom stereocenters. The number of anilines is 1. The lowest BCUT2D eigenvalue weighted by Gasteiger charge is -2.11. The summed E-state index contributed by atoms with van der Waals surface area (Å²) in [7, 11) is 0. The van der Waals surface area contributed by atoms with Crippen molar-refractivity contribution in [3.05, 3.63) is 80.9 Å². The third kappa shape index (κ3) is 6.03. The van der Waals surface area contributed by atoms with Crippen LogP contribution < -0.4 is 15.4 Å². The molecule has 3 amide bonds. The summed E-state index contributed by atoms with van der Waals surface area (Å²) in [6.45, 7) is 0. The van der Waals surface area contributed by atoms with Crippen molar-refractivity contribution in [1.82, 2.24) is 10.3 Å². The molecule has 0 radical (unpaired) electrons. The van der Waals surface area contributed by atoms with E-state index in [1.54, 1.807) is 6.07 Å². The van der Waals surface area contributed by atoms with Gasteiger partial charge in [-0.05, 0) is 42.5 Å². The number of nitrogens with zero attached hydrogens (tertiary/aromatic N) is 1. The van der Waals surface area contributed by atoms with Crippen LogP contribution >= 0.6 is 34.8 Å². The first-order chi connectivity index (χ1) is 15.0. The molecule has 6 nitrogen and oxygen atoms in total. The maximum atomic E-state index is 12.9. The first-order valence-corrected chi connectivity index (χ1v) is 9.74. The highest BCUT2D eigenvalue weighted by atomic mass is 35.5. The highest BCUT2D eigenvalue weighted by Gasteiger charge is 2.31. The van der Waals surface area contributed by atoms with E-state index in [0.29, 0.717) is 0 Å². The molecule has 32 heavy (non-hydrogen) atoms. The molecule has 166 valence electrons. The summed E-state index contributed by atoms with van der Waals surface area (Å²) in [4.78, 5) is 28.1. The molecule has 0 aliphatic carbocycles. The van der Waals surface area contributed by atoms with Gasteiger partial charge in [-0.1, -0.05) is 40.9 Å². The molecule has 0 bridgehead atoms. The Labute approximate surface area is 194 Å². The van der Waals surface area contributed by atoms with E-state index in [-0.39, 0.29) is 37.9 Å². The van der Waals surface area contributed by atoms with Crippen LogP contribution in [0.3, 0.4) is 0 Å². The number of rotatable bonds is 4. The molecule has 3 rings (SSSR count). The van der Waals surface area contributed by atoms with Crippen LogP contribution in [0.4, 0.5) is 23.8 Å². The Kier molecular flexibility index (Phi) is 7.12. The normalized spacial score (nSPS) is 11.1. The third-order valence-corrected chi connectivity index (χ3v) is 4.68. The van der Waals surface area contributed by atoms with E-state index >= 15 is 0 Å². The smallest absolute Gasteiger partial charge is 0.416 e. The van der Waals surface area contributed by atoms with Crippen molar-refractivity contribution in [2.45, 2.75) is 6.18 Å². The number of ether oxygens (including phenoxy) is 1. The number of aromatic nitrogens is 1. The molecule has 1 heterocycles. The quantitative estimate of drug-likeness (QED) is 0.409. The van der Waals surface area contributed by atoms with E-state index in [4.69, 9.17) is 39.5 Å². The Morgan fingerprint density at radius 3 is 2.22 bits per heavy atom. The molecular formula is C20H11Cl3F3N3O3. The average Bonchev–Trinajstić information content (AvgIpc) is 2.68. The lowest BCUT2D eigenvalue weighted by Crippen LogP contribution is -2.34. The van der Waals surface area contributed by atoms with Crippen LogP contribution in [0.25, 0.3) is 0 Å². The number of amides is 3. The molecule has 2 aromatic carbocycles. The Bertz CT molecular complexity index is 1150. The van der Waals surface area contributed by atoms with Crippen molar-refractivity contribution in [2.75, 3.05) is 5.32 Å². The van der Waals surface area contributed by atoms with Gasteiger partial charge in [-0.2, -0.15) is 13.2 Å². The number of imide groups is 1. The minimum atomic E-state index is -4.59. The Balaban J connectivity index is 1.64. The number of urea groups is 1. The van der Waals surface area contributed by atoms with Crippen LogP contribution in [0.5, 0.6) is 11.5 Å². The zero-order chi connectivity index (χ0) is 23.5. The Morgan fingerprint density at radius 2 is 1.62 bits per heavy atom. The Hall–Kier alpha value is -3.01. The number of benzene rings is 2. The van der Waals surface area contributed by atoms with Crippen LogP contribution in [0.2, 0.25) is 15.1 Å². The molecule has 0 saturated heterocycles. The van der Waals surface area contributed by atoms with E-state index in [0.717, 1.165) is 18.3 Å².